The Kier molecular flexibility index (Phi) is 3.97. The van der Waals surface area contributed by atoms with Gasteiger partial charge in [0.2, 0.25) is 0 Å². The second-order valence-corrected chi connectivity index (χ2v) is 5.16. The van der Waals surface area contributed by atoms with Gasteiger partial charge >= 0.3 is 0 Å². The van der Waals surface area contributed by atoms with E-state index in [9.17, 15) is 20.3 Å². The van der Waals surface area contributed by atoms with E-state index in [-0.39, 0.29) is 23.6 Å². The van der Waals surface area contributed by atoms with Crippen LogP contribution < -0.4 is 5.11 Å². The molecule has 0 aliphatic rings. The number of imidazole rings is 1. The topological polar surface area (TPSA) is 117 Å². The lowest BCUT2D eigenvalue weighted by Gasteiger charge is -2.08. The zero-order valence-electron chi connectivity index (χ0n) is 12.7. The van der Waals surface area contributed by atoms with Crippen LogP contribution in [0.4, 0.5) is 11.4 Å². The van der Waals surface area contributed by atoms with Crippen LogP contribution in [0, 0.1) is 10.1 Å². The molecule has 0 unspecified atom stereocenters. The summed E-state index contributed by atoms with van der Waals surface area (Å²) in [5.41, 5.74) is 2.04. The maximum absolute atomic E-state index is 11.8. The molecule has 122 valence electrons. The van der Waals surface area contributed by atoms with Gasteiger partial charge in [-0.3, -0.25) is 15.1 Å². The van der Waals surface area contributed by atoms with Gasteiger partial charge in [-0.1, -0.05) is 11.8 Å². The predicted octanol–water partition coefficient (Wildman–Crippen LogP) is 1.80. The van der Waals surface area contributed by atoms with E-state index in [1.54, 1.807) is 29.8 Å². The standard InChI is InChI=1S/C16H14N4O4/c1-19-14-4-2-11(7-13(14)18-16(19)9-21)17-8-10-6-12(20(23)24)3-5-15(10)22/h2-8,21-22H,9H2,1H3/p-1. The minimum atomic E-state index is -0.562. The molecule has 0 radical (unpaired) electrons. The monoisotopic (exact) mass is 325 g/mol. The zero-order valence-corrected chi connectivity index (χ0v) is 12.7. The Morgan fingerprint density at radius 2 is 2.12 bits per heavy atom. The van der Waals surface area contributed by atoms with E-state index in [1.165, 1.54) is 12.3 Å². The van der Waals surface area contributed by atoms with Gasteiger partial charge in [0.25, 0.3) is 5.69 Å². The number of aliphatic imine (C=N–C) groups is 1. The zero-order chi connectivity index (χ0) is 17.3. The van der Waals surface area contributed by atoms with Crippen molar-refractivity contribution in [1.82, 2.24) is 9.55 Å². The lowest BCUT2D eigenvalue weighted by Crippen LogP contribution is -1.98. The van der Waals surface area contributed by atoms with Gasteiger partial charge in [-0.25, -0.2) is 4.98 Å². The molecule has 0 amide bonds. The third kappa shape index (κ3) is 2.82. The molecule has 0 saturated heterocycles. The van der Waals surface area contributed by atoms with E-state index in [4.69, 9.17) is 0 Å². The minimum absolute atomic E-state index is 0.140. The molecule has 8 heteroatoms. The highest BCUT2D eigenvalue weighted by molar-refractivity contribution is 5.87. The van der Waals surface area contributed by atoms with Crippen molar-refractivity contribution in [2.24, 2.45) is 12.0 Å². The lowest BCUT2D eigenvalue weighted by atomic mass is 10.2. The van der Waals surface area contributed by atoms with Crippen LogP contribution in [0.3, 0.4) is 0 Å². The SMILES string of the molecule is Cn1c(CO)nc2cc(N=Cc3cc([N+](=O)[O-])ccc3[O-])ccc21. The maximum atomic E-state index is 11.8. The van der Waals surface area contributed by atoms with Gasteiger partial charge in [-0.05, 0) is 23.8 Å². The molecule has 0 aliphatic heterocycles. The van der Waals surface area contributed by atoms with Gasteiger partial charge in [0, 0.05) is 25.4 Å². The van der Waals surface area contributed by atoms with Gasteiger partial charge in [0.15, 0.2) is 0 Å². The second kappa shape index (κ2) is 6.09. The first-order valence-corrected chi connectivity index (χ1v) is 7.05. The van der Waals surface area contributed by atoms with Gasteiger partial charge in [0.05, 0.1) is 21.6 Å². The summed E-state index contributed by atoms with van der Waals surface area (Å²) in [6.45, 7) is -0.170. The molecule has 8 nitrogen and oxygen atoms in total. The summed E-state index contributed by atoms with van der Waals surface area (Å²) < 4.78 is 1.78. The molecular formula is C16H13N4O4-. The van der Waals surface area contributed by atoms with Gasteiger partial charge in [-0.2, -0.15) is 0 Å². The number of nitro benzene ring substituents is 1. The fourth-order valence-corrected chi connectivity index (χ4v) is 2.35. The fraction of sp³-hybridized carbons (Fsp3) is 0.125. The van der Waals surface area contributed by atoms with E-state index in [2.05, 4.69) is 9.98 Å². The summed E-state index contributed by atoms with van der Waals surface area (Å²) in [6.07, 6.45) is 1.30. The van der Waals surface area contributed by atoms with Crippen molar-refractivity contribution in [1.29, 1.82) is 0 Å². The molecule has 2 aromatic carbocycles. The van der Waals surface area contributed by atoms with E-state index < -0.39 is 4.92 Å². The summed E-state index contributed by atoms with van der Waals surface area (Å²) in [5.74, 6) is 0.192. The molecular weight excluding hydrogens is 312 g/mol. The Bertz CT molecular complexity index is 962. The number of nitrogens with zero attached hydrogens (tertiary/aromatic N) is 4. The maximum Gasteiger partial charge on any atom is 0.270 e. The van der Waals surface area contributed by atoms with Crippen LogP contribution >= 0.6 is 0 Å². The summed E-state index contributed by atoms with van der Waals surface area (Å²) in [7, 11) is 1.80. The van der Waals surface area contributed by atoms with Crippen LogP contribution in [0.2, 0.25) is 0 Å². The molecule has 3 rings (SSSR count). The molecule has 0 bridgehead atoms. The Morgan fingerprint density at radius 1 is 1.33 bits per heavy atom. The van der Waals surface area contributed by atoms with Crippen molar-refractivity contribution in [2.75, 3.05) is 0 Å². The molecule has 0 fully saturated rings. The highest BCUT2D eigenvalue weighted by Gasteiger charge is 2.08. The number of aliphatic hydroxyl groups is 1. The number of aryl methyl sites for hydroxylation is 1. The minimum Gasteiger partial charge on any atom is -0.872 e. The Hall–Kier alpha value is -3.26. The molecule has 3 aromatic rings. The highest BCUT2D eigenvalue weighted by Crippen LogP contribution is 2.23. The fourth-order valence-electron chi connectivity index (χ4n) is 2.35. The number of nitro groups is 1. The van der Waals surface area contributed by atoms with Crippen LogP contribution in [0.15, 0.2) is 41.4 Å². The Labute approximate surface area is 136 Å². The van der Waals surface area contributed by atoms with Gasteiger partial charge in [0.1, 0.15) is 12.4 Å². The second-order valence-electron chi connectivity index (χ2n) is 5.16. The number of hydrogen-bond acceptors (Lipinski definition) is 6. The number of hydrogen-bond donors (Lipinski definition) is 1. The summed E-state index contributed by atoms with van der Waals surface area (Å²) in [6, 6.07) is 8.76. The van der Waals surface area contributed by atoms with Crippen LogP contribution in [0.25, 0.3) is 11.0 Å². The van der Waals surface area contributed by atoms with Crippen molar-refractivity contribution < 1.29 is 15.1 Å². The first kappa shape index (κ1) is 15.6. The van der Waals surface area contributed by atoms with E-state index in [1.807, 2.05) is 0 Å². The van der Waals surface area contributed by atoms with Crippen molar-refractivity contribution in [3.05, 3.63) is 57.9 Å². The van der Waals surface area contributed by atoms with Crippen LogP contribution in [-0.2, 0) is 13.7 Å². The summed E-state index contributed by atoms with van der Waals surface area (Å²) in [5, 5.41) is 31.8. The van der Waals surface area contributed by atoms with Gasteiger partial charge in [-0.15, -0.1) is 0 Å². The molecule has 0 aliphatic carbocycles. The molecule has 24 heavy (non-hydrogen) atoms. The van der Waals surface area contributed by atoms with Crippen LogP contribution in [0.1, 0.15) is 11.4 Å². The van der Waals surface area contributed by atoms with Crippen LogP contribution in [0.5, 0.6) is 5.75 Å². The number of fused-ring (bicyclic) bond motifs is 1. The number of aliphatic hydroxyl groups excluding tert-OH is 1. The Morgan fingerprint density at radius 3 is 2.83 bits per heavy atom. The number of benzene rings is 2. The Balaban J connectivity index is 1.96. The smallest absolute Gasteiger partial charge is 0.270 e. The largest absolute Gasteiger partial charge is 0.872 e. The number of aromatic nitrogens is 2. The molecule has 1 N–H and O–H groups in total. The molecule has 1 aromatic heterocycles. The van der Waals surface area contributed by atoms with Crippen LogP contribution in [-0.4, -0.2) is 25.8 Å². The first-order valence-electron chi connectivity index (χ1n) is 7.05. The summed E-state index contributed by atoms with van der Waals surface area (Å²) >= 11 is 0. The molecule has 0 saturated carbocycles. The predicted molar refractivity (Wildman–Crippen MR) is 86.4 cm³/mol. The van der Waals surface area contributed by atoms with Crippen molar-refractivity contribution >= 4 is 28.6 Å². The molecule has 0 atom stereocenters. The van der Waals surface area contributed by atoms with E-state index in [0.29, 0.717) is 17.0 Å². The first-order chi connectivity index (χ1) is 11.5. The van der Waals surface area contributed by atoms with Crippen molar-refractivity contribution in [3.63, 3.8) is 0 Å². The van der Waals surface area contributed by atoms with Gasteiger partial charge < -0.3 is 14.8 Å². The van der Waals surface area contributed by atoms with Crippen molar-refractivity contribution in [3.8, 4) is 5.75 Å². The van der Waals surface area contributed by atoms with Crippen molar-refractivity contribution in [2.45, 2.75) is 6.61 Å². The normalized spacial score (nSPS) is 11.4. The quantitative estimate of drug-likeness (QED) is 0.446. The summed E-state index contributed by atoms with van der Waals surface area (Å²) in [4.78, 5) is 18.7. The third-order valence-electron chi connectivity index (χ3n) is 3.66. The van der Waals surface area contributed by atoms with E-state index >= 15 is 0 Å². The molecule has 1 heterocycles. The highest BCUT2D eigenvalue weighted by atomic mass is 16.6. The van der Waals surface area contributed by atoms with E-state index in [0.717, 1.165) is 17.6 Å². The third-order valence-corrected chi connectivity index (χ3v) is 3.66. The average molecular weight is 325 g/mol. The number of rotatable bonds is 4. The lowest BCUT2D eigenvalue weighted by molar-refractivity contribution is -0.385. The number of non-ortho nitro benzene ring substituents is 1. The molecule has 0 spiro atoms. The average Bonchev–Trinajstić information content (AvgIpc) is 2.89.